The Kier molecular flexibility index (Phi) is 4.88. The summed E-state index contributed by atoms with van der Waals surface area (Å²) in [6.07, 6.45) is 4.12. The van der Waals surface area contributed by atoms with Crippen LogP contribution in [0.4, 0.5) is 0 Å². The van der Waals surface area contributed by atoms with Crippen molar-refractivity contribution < 1.29 is 13.2 Å². The second kappa shape index (κ2) is 6.65. The maximum atomic E-state index is 12.0. The Balaban J connectivity index is 1.97. The average molecular weight is 308 g/mol. The fourth-order valence-electron chi connectivity index (χ4n) is 2.10. The molecule has 1 aliphatic rings. The Morgan fingerprint density at radius 3 is 2.62 bits per heavy atom. The molecule has 8 heteroatoms. The first-order valence-electron chi connectivity index (χ1n) is 6.66. The number of sulfonamides is 1. The molecule has 1 aromatic rings. The highest BCUT2D eigenvalue weighted by Gasteiger charge is 2.20. The van der Waals surface area contributed by atoms with Crippen molar-refractivity contribution in [2.24, 2.45) is 0 Å². The van der Waals surface area contributed by atoms with Gasteiger partial charge in [0.1, 0.15) is 16.7 Å². The molecular weight excluding hydrogens is 292 g/mol. The van der Waals surface area contributed by atoms with Gasteiger partial charge < -0.3 is 4.90 Å². The SMILES string of the molecule is N#Cc1ccc(S(=O)(=O)NCC(=O)N2CCCCC2)cn1. The second-order valence-corrected chi connectivity index (χ2v) is 6.52. The van der Waals surface area contributed by atoms with Gasteiger partial charge in [0.05, 0.1) is 6.54 Å². The first kappa shape index (κ1) is 15.4. The van der Waals surface area contributed by atoms with Gasteiger partial charge in [-0.2, -0.15) is 5.26 Å². The number of aromatic nitrogens is 1. The Morgan fingerprint density at radius 2 is 2.05 bits per heavy atom. The van der Waals surface area contributed by atoms with Crippen molar-refractivity contribution in [3.63, 3.8) is 0 Å². The van der Waals surface area contributed by atoms with Gasteiger partial charge in [0, 0.05) is 19.3 Å². The third-order valence-corrected chi connectivity index (χ3v) is 4.67. The lowest BCUT2D eigenvalue weighted by molar-refractivity contribution is -0.130. The molecule has 0 saturated carbocycles. The minimum Gasteiger partial charge on any atom is -0.342 e. The van der Waals surface area contributed by atoms with Crippen LogP contribution in [0, 0.1) is 11.3 Å². The Labute approximate surface area is 123 Å². The molecule has 1 aromatic heterocycles. The number of amides is 1. The number of rotatable bonds is 4. The first-order valence-corrected chi connectivity index (χ1v) is 8.15. The summed E-state index contributed by atoms with van der Waals surface area (Å²) in [5, 5.41) is 8.62. The maximum absolute atomic E-state index is 12.0. The fourth-order valence-corrected chi connectivity index (χ4v) is 3.02. The highest BCUT2D eigenvalue weighted by Crippen LogP contribution is 2.10. The summed E-state index contributed by atoms with van der Waals surface area (Å²) in [6.45, 7) is 1.10. The second-order valence-electron chi connectivity index (χ2n) is 4.76. The average Bonchev–Trinajstić information content (AvgIpc) is 2.53. The Bertz CT molecular complexity index is 643. The molecule has 0 aliphatic carbocycles. The van der Waals surface area contributed by atoms with Crippen molar-refractivity contribution in [3.8, 4) is 6.07 Å². The fraction of sp³-hybridized carbons (Fsp3) is 0.462. The first-order chi connectivity index (χ1) is 10.0. The Morgan fingerprint density at radius 1 is 1.33 bits per heavy atom. The Hall–Kier alpha value is -1.98. The number of nitriles is 1. The van der Waals surface area contributed by atoms with Crippen LogP contribution in [0.1, 0.15) is 25.0 Å². The molecule has 0 atom stereocenters. The predicted molar refractivity (Wildman–Crippen MR) is 74.6 cm³/mol. The summed E-state index contributed by atoms with van der Waals surface area (Å²) in [6, 6.07) is 4.42. The summed E-state index contributed by atoms with van der Waals surface area (Å²) >= 11 is 0. The topological polar surface area (TPSA) is 103 Å². The molecule has 1 fully saturated rings. The molecule has 0 aromatic carbocycles. The minimum atomic E-state index is -3.79. The molecule has 0 spiro atoms. The third-order valence-electron chi connectivity index (χ3n) is 3.28. The molecule has 0 unspecified atom stereocenters. The van der Waals surface area contributed by atoms with Crippen molar-refractivity contribution in [1.29, 1.82) is 5.26 Å². The quantitative estimate of drug-likeness (QED) is 0.858. The summed E-state index contributed by atoms with van der Waals surface area (Å²) in [4.78, 5) is 17.2. The van der Waals surface area contributed by atoms with Crippen molar-refractivity contribution in [2.45, 2.75) is 24.2 Å². The number of carbonyl (C=O) groups excluding carboxylic acids is 1. The van der Waals surface area contributed by atoms with Gasteiger partial charge in [-0.1, -0.05) is 0 Å². The van der Waals surface area contributed by atoms with E-state index < -0.39 is 10.0 Å². The molecule has 7 nitrogen and oxygen atoms in total. The van der Waals surface area contributed by atoms with E-state index in [2.05, 4.69) is 9.71 Å². The van der Waals surface area contributed by atoms with E-state index >= 15 is 0 Å². The van der Waals surface area contributed by atoms with E-state index in [1.54, 1.807) is 4.90 Å². The van der Waals surface area contributed by atoms with Gasteiger partial charge in [0.15, 0.2) is 0 Å². The van der Waals surface area contributed by atoms with E-state index in [4.69, 9.17) is 5.26 Å². The number of hydrogen-bond acceptors (Lipinski definition) is 5. The highest BCUT2D eigenvalue weighted by molar-refractivity contribution is 7.89. The van der Waals surface area contributed by atoms with Crippen molar-refractivity contribution in [2.75, 3.05) is 19.6 Å². The standard InChI is InChI=1S/C13H16N4O3S/c14-8-11-4-5-12(9-15-11)21(19,20)16-10-13(18)17-6-2-1-3-7-17/h4-5,9,16H,1-3,6-7,10H2. The van der Waals surface area contributed by atoms with Gasteiger partial charge in [-0.15, -0.1) is 0 Å². The van der Waals surface area contributed by atoms with E-state index in [0.717, 1.165) is 25.5 Å². The molecule has 1 amide bonds. The summed E-state index contributed by atoms with van der Waals surface area (Å²) in [7, 11) is -3.79. The molecule has 1 N–H and O–H groups in total. The number of likely N-dealkylation sites (tertiary alicyclic amines) is 1. The number of piperidine rings is 1. The lowest BCUT2D eigenvalue weighted by atomic mass is 10.1. The van der Waals surface area contributed by atoms with Crippen LogP contribution in [-0.2, 0) is 14.8 Å². The van der Waals surface area contributed by atoms with Gasteiger partial charge in [0.2, 0.25) is 15.9 Å². The zero-order valence-corrected chi connectivity index (χ0v) is 12.3. The monoisotopic (exact) mass is 308 g/mol. The summed E-state index contributed by atoms with van der Waals surface area (Å²) in [5.41, 5.74) is 0.137. The van der Waals surface area contributed by atoms with Crippen molar-refractivity contribution in [1.82, 2.24) is 14.6 Å². The number of hydrogen-bond donors (Lipinski definition) is 1. The van der Waals surface area contributed by atoms with Gasteiger partial charge >= 0.3 is 0 Å². The largest absolute Gasteiger partial charge is 0.342 e. The molecule has 1 aliphatic heterocycles. The molecule has 112 valence electrons. The molecule has 21 heavy (non-hydrogen) atoms. The third kappa shape index (κ3) is 4.00. The molecule has 2 rings (SSSR count). The van der Waals surface area contributed by atoms with Crippen LogP contribution in [-0.4, -0.2) is 43.8 Å². The van der Waals surface area contributed by atoms with Crippen molar-refractivity contribution >= 4 is 15.9 Å². The van der Waals surface area contributed by atoms with Crippen LogP contribution in [0.2, 0.25) is 0 Å². The molecule has 0 bridgehead atoms. The van der Waals surface area contributed by atoms with E-state index in [1.165, 1.54) is 12.1 Å². The van der Waals surface area contributed by atoms with Gasteiger partial charge in [-0.05, 0) is 31.4 Å². The van der Waals surface area contributed by atoms with E-state index in [0.29, 0.717) is 13.1 Å². The zero-order chi connectivity index (χ0) is 15.3. The van der Waals surface area contributed by atoms with Crippen LogP contribution in [0.15, 0.2) is 23.2 Å². The number of carbonyl (C=O) groups is 1. The number of nitrogens with one attached hydrogen (secondary N) is 1. The number of nitrogens with zero attached hydrogens (tertiary/aromatic N) is 3. The molecule has 1 saturated heterocycles. The van der Waals surface area contributed by atoms with Crippen LogP contribution in [0.5, 0.6) is 0 Å². The molecular formula is C13H16N4O3S. The summed E-state index contributed by atoms with van der Waals surface area (Å²) < 4.78 is 26.3. The van der Waals surface area contributed by atoms with E-state index in [1.807, 2.05) is 6.07 Å². The zero-order valence-electron chi connectivity index (χ0n) is 11.4. The lowest BCUT2D eigenvalue weighted by Crippen LogP contribution is -2.42. The highest BCUT2D eigenvalue weighted by atomic mass is 32.2. The normalized spacial score (nSPS) is 15.5. The van der Waals surface area contributed by atoms with E-state index in [-0.39, 0.29) is 23.0 Å². The van der Waals surface area contributed by atoms with E-state index in [9.17, 15) is 13.2 Å². The smallest absolute Gasteiger partial charge is 0.242 e. The molecule has 0 radical (unpaired) electrons. The van der Waals surface area contributed by atoms with Crippen LogP contribution in [0.3, 0.4) is 0 Å². The van der Waals surface area contributed by atoms with Crippen molar-refractivity contribution in [3.05, 3.63) is 24.0 Å². The van der Waals surface area contributed by atoms with Crippen LogP contribution in [0.25, 0.3) is 0 Å². The van der Waals surface area contributed by atoms with Crippen LogP contribution < -0.4 is 4.72 Å². The van der Waals surface area contributed by atoms with Gasteiger partial charge in [0.25, 0.3) is 0 Å². The minimum absolute atomic E-state index is 0.0621. The van der Waals surface area contributed by atoms with Gasteiger partial charge in [-0.3, -0.25) is 4.79 Å². The molecule has 2 heterocycles. The predicted octanol–water partition coefficient (Wildman–Crippen LogP) is 0.244. The summed E-state index contributed by atoms with van der Waals surface area (Å²) in [5.74, 6) is -0.222. The lowest BCUT2D eigenvalue weighted by Gasteiger charge is -2.26. The van der Waals surface area contributed by atoms with Gasteiger partial charge in [-0.25, -0.2) is 18.1 Å². The van der Waals surface area contributed by atoms with Crippen LogP contribution >= 0.6 is 0 Å². The maximum Gasteiger partial charge on any atom is 0.242 e. The number of pyridine rings is 1.